The third kappa shape index (κ3) is 4.53. The molecule has 0 aliphatic carbocycles. The van der Waals surface area contributed by atoms with E-state index in [-0.39, 0.29) is 18.8 Å². The Bertz CT molecular complexity index is 927. The minimum atomic E-state index is -0.532. The molecule has 0 saturated carbocycles. The van der Waals surface area contributed by atoms with Crippen LogP contribution < -0.4 is 4.74 Å². The molecule has 26 heavy (non-hydrogen) atoms. The Morgan fingerprint density at radius 3 is 2.69 bits per heavy atom. The number of aromatic nitrogens is 2. The molecule has 3 rings (SSSR count). The number of para-hydroxylation sites is 1. The molecular formula is C18H14Cl2N2O4. The van der Waals surface area contributed by atoms with Gasteiger partial charge in [0, 0.05) is 22.5 Å². The number of rotatable bonds is 6. The molecule has 0 atom stereocenters. The molecule has 0 N–H and O–H groups in total. The molecule has 1 aromatic heterocycles. The molecule has 8 heteroatoms. The van der Waals surface area contributed by atoms with E-state index in [0.717, 1.165) is 0 Å². The first-order chi connectivity index (χ1) is 12.5. The van der Waals surface area contributed by atoms with Crippen LogP contribution in [0.2, 0.25) is 10.0 Å². The van der Waals surface area contributed by atoms with Crippen molar-refractivity contribution in [1.29, 1.82) is 0 Å². The van der Waals surface area contributed by atoms with Crippen LogP contribution >= 0.6 is 23.2 Å². The molecule has 0 aliphatic heterocycles. The van der Waals surface area contributed by atoms with Gasteiger partial charge in [0.25, 0.3) is 0 Å². The summed E-state index contributed by atoms with van der Waals surface area (Å²) >= 11 is 11.9. The fraction of sp³-hybridized carbons (Fsp3) is 0.167. The predicted octanol–water partition coefficient (Wildman–Crippen LogP) is 4.62. The van der Waals surface area contributed by atoms with Crippen LogP contribution in [0, 0.1) is 6.92 Å². The maximum Gasteiger partial charge on any atom is 0.342 e. The van der Waals surface area contributed by atoms with Crippen molar-refractivity contribution in [3.8, 4) is 5.75 Å². The zero-order chi connectivity index (χ0) is 18.5. The van der Waals surface area contributed by atoms with Gasteiger partial charge in [-0.15, -0.1) is 0 Å². The first-order valence-corrected chi connectivity index (χ1v) is 8.40. The van der Waals surface area contributed by atoms with E-state index in [2.05, 4.69) is 10.1 Å². The Labute approximate surface area is 159 Å². The van der Waals surface area contributed by atoms with Gasteiger partial charge in [0.05, 0.1) is 0 Å². The number of hydrogen-bond donors (Lipinski definition) is 0. The maximum atomic E-state index is 12.4. The average Bonchev–Trinajstić information content (AvgIpc) is 3.04. The summed E-state index contributed by atoms with van der Waals surface area (Å²) in [5.41, 5.74) is 0.947. The number of carbonyl (C=O) groups excluding carboxylic acids is 1. The van der Waals surface area contributed by atoms with Crippen LogP contribution in [0.5, 0.6) is 5.75 Å². The van der Waals surface area contributed by atoms with Crippen molar-refractivity contribution in [3.63, 3.8) is 0 Å². The SMILES string of the molecule is Cc1nc(COc2ccccc2C(=O)OCc2ccc(Cl)cc2Cl)no1. The van der Waals surface area contributed by atoms with Crippen molar-refractivity contribution in [3.05, 3.63) is 75.4 Å². The largest absolute Gasteiger partial charge is 0.485 e. The van der Waals surface area contributed by atoms with Gasteiger partial charge >= 0.3 is 5.97 Å². The Kier molecular flexibility index (Phi) is 5.75. The highest BCUT2D eigenvalue weighted by atomic mass is 35.5. The second-order valence-electron chi connectivity index (χ2n) is 5.33. The number of benzene rings is 2. The number of halogens is 2. The van der Waals surface area contributed by atoms with Crippen LogP contribution in [0.3, 0.4) is 0 Å². The molecule has 2 aromatic carbocycles. The van der Waals surface area contributed by atoms with E-state index in [1.165, 1.54) is 0 Å². The highest BCUT2D eigenvalue weighted by Crippen LogP contribution is 2.24. The highest BCUT2D eigenvalue weighted by Gasteiger charge is 2.15. The smallest absolute Gasteiger partial charge is 0.342 e. The van der Waals surface area contributed by atoms with Gasteiger partial charge in [-0.2, -0.15) is 4.98 Å². The molecule has 6 nitrogen and oxygen atoms in total. The number of carbonyl (C=O) groups is 1. The molecule has 0 spiro atoms. The lowest BCUT2D eigenvalue weighted by molar-refractivity contribution is 0.0467. The van der Waals surface area contributed by atoms with Crippen LogP contribution in [0.1, 0.15) is 27.6 Å². The van der Waals surface area contributed by atoms with Crippen molar-refractivity contribution >= 4 is 29.2 Å². The van der Waals surface area contributed by atoms with Crippen LogP contribution in [-0.4, -0.2) is 16.1 Å². The molecule has 0 aliphatic rings. The number of esters is 1. The van der Waals surface area contributed by atoms with Crippen molar-refractivity contribution in [2.45, 2.75) is 20.1 Å². The summed E-state index contributed by atoms with van der Waals surface area (Å²) in [6.07, 6.45) is 0. The number of ether oxygens (including phenoxy) is 2. The van der Waals surface area contributed by atoms with Crippen LogP contribution in [0.15, 0.2) is 47.0 Å². The molecule has 0 bridgehead atoms. The number of aryl methyl sites for hydroxylation is 1. The lowest BCUT2D eigenvalue weighted by Gasteiger charge is -2.11. The Morgan fingerprint density at radius 2 is 1.96 bits per heavy atom. The van der Waals surface area contributed by atoms with Gasteiger partial charge in [0.1, 0.15) is 17.9 Å². The van der Waals surface area contributed by atoms with E-state index in [9.17, 15) is 4.79 Å². The van der Waals surface area contributed by atoms with Gasteiger partial charge < -0.3 is 14.0 Å². The Hall–Kier alpha value is -2.57. The van der Waals surface area contributed by atoms with Gasteiger partial charge in [0.15, 0.2) is 6.61 Å². The molecule has 0 radical (unpaired) electrons. The molecule has 0 fully saturated rings. The summed E-state index contributed by atoms with van der Waals surface area (Å²) < 4.78 is 15.8. The molecule has 0 unspecified atom stereocenters. The van der Waals surface area contributed by atoms with Gasteiger partial charge in [-0.05, 0) is 24.3 Å². The lowest BCUT2D eigenvalue weighted by Crippen LogP contribution is -2.09. The zero-order valence-corrected chi connectivity index (χ0v) is 15.3. The minimum absolute atomic E-state index is 0.0210. The van der Waals surface area contributed by atoms with Crippen LogP contribution in [-0.2, 0) is 18.0 Å². The van der Waals surface area contributed by atoms with Crippen molar-refractivity contribution in [2.24, 2.45) is 0 Å². The molecule has 1 heterocycles. The fourth-order valence-electron chi connectivity index (χ4n) is 2.16. The standard InChI is InChI=1S/C18H14Cl2N2O4/c1-11-21-17(22-26-11)10-24-16-5-3-2-4-14(16)18(23)25-9-12-6-7-13(19)8-15(12)20/h2-8H,9-10H2,1H3. The Morgan fingerprint density at radius 1 is 1.15 bits per heavy atom. The van der Waals surface area contributed by atoms with Gasteiger partial charge in [-0.3, -0.25) is 0 Å². The van der Waals surface area contributed by atoms with Gasteiger partial charge in [0.2, 0.25) is 11.7 Å². The van der Waals surface area contributed by atoms with E-state index >= 15 is 0 Å². The topological polar surface area (TPSA) is 74.5 Å². The molecular weight excluding hydrogens is 379 g/mol. The van der Waals surface area contributed by atoms with E-state index in [0.29, 0.717) is 33.1 Å². The summed E-state index contributed by atoms with van der Waals surface area (Å²) in [4.78, 5) is 16.5. The summed E-state index contributed by atoms with van der Waals surface area (Å²) in [7, 11) is 0. The second-order valence-corrected chi connectivity index (χ2v) is 6.17. The van der Waals surface area contributed by atoms with Crippen molar-refractivity contribution < 1.29 is 18.8 Å². The molecule has 134 valence electrons. The van der Waals surface area contributed by atoms with Gasteiger partial charge in [-0.1, -0.05) is 46.6 Å². The van der Waals surface area contributed by atoms with E-state index in [1.807, 2.05) is 0 Å². The van der Waals surface area contributed by atoms with E-state index in [1.54, 1.807) is 49.4 Å². The number of nitrogens with zero attached hydrogens (tertiary/aromatic N) is 2. The first kappa shape index (κ1) is 18.2. The summed E-state index contributed by atoms with van der Waals surface area (Å²) in [6, 6.07) is 11.7. The fourth-order valence-corrected chi connectivity index (χ4v) is 2.63. The van der Waals surface area contributed by atoms with E-state index in [4.69, 9.17) is 37.2 Å². The summed E-state index contributed by atoms with van der Waals surface area (Å²) in [6.45, 7) is 1.78. The molecule has 0 saturated heterocycles. The van der Waals surface area contributed by atoms with E-state index < -0.39 is 5.97 Å². The minimum Gasteiger partial charge on any atom is -0.485 e. The maximum absolute atomic E-state index is 12.4. The van der Waals surface area contributed by atoms with Crippen LogP contribution in [0.25, 0.3) is 0 Å². The highest BCUT2D eigenvalue weighted by molar-refractivity contribution is 6.35. The normalized spacial score (nSPS) is 10.6. The molecule has 3 aromatic rings. The monoisotopic (exact) mass is 392 g/mol. The predicted molar refractivity (Wildman–Crippen MR) is 95.4 cm³/mol. The molecule has 0 amide bonds. The van der Waals surface area contributed by atoms with Crippen LogP contribution in [0.4, 0.5) is 0 Å². The third-order valence-electron chi connectivity index (χ3n) is 3.41. The first-order valence-electron chi connectivity index (χ1n) is 7.65. The van der Waals surface area contributed by atoms with Crippen molar-refractivity contribution in [1.82, 2.24) is 10.1 Å². The summed E-state index contributed by atoms with van der Waals surface area (Å²) in [5.74, 6) is 0.660. The number of hydrogen-bond acceptors (Lipinski definition) is 6. The average molecular weight is 393 g/mol. The van der Waals surface area contributed by atoms with Crippen molar-refractivity contribution in [2.75, 3.05) is 0 Å². The Balaban J connectivity index is 1.67. The summed E-state index contributed by atoms with van der Waals surface area (Å²) in [5, 5.41) is 4.69. The second kappa shape index (κ2) is 8.21. The zero-order valence-electron chi connectivity index (χ0n) is 13.7. The third-order valence-corrected chi connectivity index (χ3v) is 3.99. The lowest BCUT2D eigenvalue weighted by atomic mass is 10.2. The quantitative estimate of drug-likeness (QED) is 0.569. The van der Waals surface area contributed by atoms with Gasteiger partial charge in [-0.25, -0.2) is 4.79 Å².